The molecule has 5 aliphatic heterocycles. The van der Waals surface area contributed by atoms with Gasteiger partial charge >= 0.3 is 0 Å². The Morgan fingerprint density at radius 2 is 0.773 bits per heavy atom. The highest BCUT2D eigenvalue weighted by Gasteiger charge is 2.56. The van der Waals surface area contributed by atoms with E-state index in [-0.39, 0.29) is 5.57 Å². The van der Waals surface area contributed by atoms with Gasteiger partial charge in [-0.1, -0.05) is 6.08 Å². The van der Waals surface area contributed by atoms with E-state index in [4.69, 9.17) is 42.6 Å². The molecule has 0 radical (unpaired) electrons. The average molecular weight is 970 g/mol. The molecule has 0 aromatic heterocycles. The molecule has 29 atom stereocenters. The van der Waals surface area contributed by atoms with Gasteiger partial charge in [0.15, 0.2) is 31.5 Å². The van der Waals surface area contributed by atoms with E-state index in [0.29, 0.717) is 0 Å². The van der Waals surface area contributed by atoms with E-state index < -0.39 is 211 Å². The summed E-state index contributed by atoms with van der Waals surface area (Å²) in [4.78, 5) is 0. The summed E-state index contributed by atoms with van der Waals surface area (Å²) >= 11 is 0. The molecule has 0 spiro atoms. The van der Waals surface area contributed by atoms with Crippen LogP contribution in [0.4, 0.5) is 0 Å². The van der Waals surface area contributed by atoms with Crippen molar-refractivity contribution in [2.24, 2.45) is 0 Å². The van der Waals surface area contributed by atoms with Gasteiger partial charge in [0.1, 0.15) is 128 Å². The summed E-state index contributed by atoms with van der Waals surface area (Å²) < 4.78 is 50.2. The van der Waals surface area contributed by atoms with E-state index in [9.17, 15) is 97.0 Å². The van der Waals surface area contributed by atoms with Gasteiger partial charge in [-0.15, -0.1) is 0 Å². The van der Waals surface area contributed by atoms with Crippen LogP contribution in [0, 0.1) is 0 Å². The highest BCUT2D eigenvalue weighted by atomic mass is 16.8. The average Bonchev–Trinajstić information content (AvgIpc) is 3.30. The van der Waals surface area contributed by atoms with Crippen LogP contribution in [0.5, 0.6) is 0 Å². The van der Waals surface area contributed by atoms with Crippen molar-refractivity contribution in [2.45, 2.75) is 185 Å². The topological polar surface area (TPSA) is 479 Å². The molecule has 384 valence electrons. The summed E-state index contributed by atoms with van der Waals surface area (Å²) in [5, 5.41) is 202. The zero-order valence-electron chi connectivity index (χ0n) is 35.0. The maximum atomic E-state index is 11.2. The molecular weight excluding hydrogens is 906 g/mol. The molecule has 0 amide bonds. The van der Waals surface area contributed by atoms with Crippen molar-refractivity contribution in [3.63, 3.8) is 0 Å². The second-order valence-electron chi connectivity index (χ2n) is 17.0. The lowest BCUT2D eigenvalue weighted by atomic mass is 9.86. The number of hydrogen-bond donors (Lipinski definition) is 20. The number of rotatable bonds is 15. The summed E-state index contributed by atoms with van der Waals surface area (Å²) in [5.41, 5.74) is -0.0209. The highest BCUT2D eigenvalue weighted by Crippen LogP contribution is 2.36. The van der Waals surface area contributed by atoms with Crippen LogP contribution in [0.25, 0.3) is 0 Å². The monoisotopic (exact) mass is 969 g/mol. The molecule has 66 heavy (non-hydrogen) atoms. The third kappa shape index (κ3) is 10.7. The fourth-order valence-electron chi connectivity index (χ4n) is 8.79. The van der Waals surface area contributed by atoms with Gasteiger partial charge in [-0.05, 0) is 12.5 Å². The smallest absolute Gasteiger partial charge is 0.187 e. The van der Waals surface area contributed by atoms with Crippen LogP contribution < -0.4 is 5.32 Å². The zero-order chi connectivity index (χ0) is 48.6. The Bertz CT molecular complexity index is 1550. The summed E-state index contributed by atoms with van der Waals surface area (Å²) in [5.74, 6) is 0. The van der Waals surface area contributed by atoms with Gasteiger partial charge < -0.3 is 145 Å². The van der Waals surface area contributed by atoms with Crippen molar-refractivity contribution in [3.8, 4) is 0 Å². The van der Waals surface area contributed by atoms with Crippen molar-refractivity contribution in [1.29, 1.82) is 0 Å². The minimum Gasteiger partial charge on any atom is -0.394 e. The fraction of sp³-hybridized carbons (Fsp3) is 0.946. The molecule has 0 aromatic rings. The quantitative estimate of drug-likeness (QED) is 0.0678. The molecule has 0 unspecified atom stereocenters. The Balaban J connectivity index is 1.06. The molecule has 5 heterocycles. The molecule has 1 aliphatic carbocycles. The molecule has 6 rings (SSSR count). The van der Waals surface area contributed by atoms with Crippen molar-refractivity contribution >= 4 is 0 Å². The van der Waals surface area contributed by atoms with Gasteiger partial charge in [0, 0.05) is 0 Å². The Kier molecular flexibility index (Phi) is 18.6. The van der Waals surface area contributed by atoms with Crippen LogP contribution in [-0.4, -0.2) is 308 Å². The summed E-state index contributed by atoms with van der Waals surface area (Å²) in [7, 11) is 0. The molecule has 0 saturated carbocycles. The van der Waals surface area contributed by atoms with Gasteiger partial charge in [-0.2, -0.15) is 0 Å². The molecule has 6 aliphatic rings. The van der Waals surface area contributed by atoms with Crippen LogP contribution in [0.2, 0.25) is 0 Å². The SMILES string of the molecule is C[C@H]1O[C@H](O[C@H]2[C@H](O)[C@@H](O)[C@@H](O[C@H]3[C@H](O)[C@@H](O)[C@@H](O[C@H]4[C@H](O)[C@@H](O)[C@@H](O[C@H]5[C@H](O)[C@@H](O)[C@H](O)O[C@@H]5CO)O[C@@H]4CO)O[C@@H]3CO)O[C@@H]2CO)[C@H](O)[C@@H](O)[C@@H]1N[C@H]1C=C(CO)[C@@H](O)[C@H](O)[C@H]1O. The number of aliphatic hydroxyl groups is 19. The van der Waals surface area contributed by atoms with Gasteiger partial charge in [0.05, 0.1) is 51.2 Å². The van der Waals surface area contributed by atoms with Crippen LogP contribution in [-0.2, 0) is 42.6 Å². The maximum Gasteiger partial charge on any atom is 0.187 e. The normalized spacial score (nSPS) is 52.8. The number of hydrogen-bond acceptors (Lipinski definition) is 29. The number of nitrogens with one attached hydrogen (secondary N) is 1. The van der Waals surface area contributed by atoms with Crippen molar-refractivity contribution < 1.29 is 140 Å². The Hall–Kier alpha value is -1.42. The second kappa shape index (κ2) is 22.8. The molecule has 0 aromatic carbocycles. The first-order chi connectivity index (χ1) is 31.2. The standard InChI is InChI=1S/C37H63NO28/c1-8-15(38-10-2-9(3-39)16(44)19(47)17(10)45)18(46)25(53)34(58-8)63-30-12(5-41)60-36(26(54)21(30)49)65-32-14(7-43)62-37(28(56)23(32)51)66-31-13(6-42)61-35(27(55)22(31)50)64-29-11(4-40)59-33(57)24(52)20(29)48/h2,8,10-57H,3-7H2,1H3/t8-,10+,11-,12-,13-,14-,15-,16-,17+,18+,19+,20-,21-,22-,23-,24-,25-,26-,27-,28-,29-,30-,31-,32-,33-,34-,35-,36-,37-/m1/s1. The van der Waals surface area contributed by atoms with Crippen molar-refractivity contribution in [3.05, 3.63) is 11.6 Å². The summed E-state index contributed by atoms with van der Waals surface area (Å²) in [6.45, 7) is -2.98. The molecule has 5 saturated heterocycles. The Morgan fingerprint density at radius 1 is 0.424 bits per heavy atom. The third-order valence-corrected chi connectivity index (χ3v) is 12.7. The van der Waals surface area contributed by atoms with Crippen LogP contribution in [0.15, 0.2) is 11.6 Å². The molecule has 0 bridgehead atoms. The predicted molar refractivity (Wildman–Crippen MR) is 203 cm³/mol. The largest absolute Gasteiger partial charge is 0.394 e. The van der Waals surface area contributed by atoms with Gasteiger partial charge in [0.2, 0.25) is 0 Å². The minimum atomic E-state index is -2.14. The van der Waals surface area contributed by atoms with Gasteiger partial charge in [0.25, 0.3) is 0 Å². The van der Waals surface area contributed by atoms with Gasteiger partial charge in [-0.3, -0.25) is 0 Å². The first kappa shape index (κ1) is 53.9. The third-order valence-electron chi connectivity index (χ3n) is 12.7. The Labute approximate surface area is 374 Å². The van der Waals surface area contributed by atoms with E-state index in [1.807, 2.05) is 0 Å². The second-order valence-corrected chi connectivity index (χ2v) is 17.0. The van der Waals surface area contributed by atoms with Crippen LogP contribution >= 0.6 is 0 Å². The maximum absolute atomic E-state index is 11.2. The van der Waals surface area contributed by atoms with E-state index in [2.05, 4.69) is 5.32 Å². The number of ether oxygens (including phenoxy) is 9. The fourth-order valence-corrected chi connectivity index (χ4v) is 8.79. The van der Waals surface area contributed by atoms with E-state index >= 15 is 0 Å². The molecule has 29 heteroatoms. The van der Waals surface area contributed by atoms with Gasteiger partial charge in [-0.25, -0.2) is 0 Å². The first-order valence-electron chi connectivity index (χ1n) is 21.2. The predicted octanol–water partition coefficient (Wildman–Crippen LogP) is -12.9. The summed E-state index contributed by atoms with van der Waals surface area (Å²) in [6.07, 6.45) is -47.5. The lowest BCUT2D eigenvalue weighted by Gasteiger charge is -2.49. The summed E-state index contributed by atoms with van der Waals surface area (Å²) in [6, 6.07) is -2.31. The highest BCUT2D eigenvalue weighted by molar-refractivity contribution is 5.22. The molecular formula is C37H63NO28. The Morgan fingerprint density at radius 3 is 1.15 bits per heavy atom. The molecule has 5 fully saturated rings. The minimum absolute atomic E-state index is 0.0209. The number of aliphatic hydroxyl groups excluding tert-OH is 19. The molecule has 29 nitrogen and oxygen atoms in total. The lowest BCUT2D eigenvalue weighted by molar-refractivity contribution is -0.391. The van der Waals surface area contributed by atoms with E-state index in [1.165, 1.54) is 13.0 Å². The van der Waals surface area contributed by atoms with Crippen LogP contribution in [0.3, 0.4) is 0 Å². The van der Waals surface area contributed by atoms with Crippen LogP contribution in [0.1, 0.15) is 6.92 Å². The van der Waals surface area contributed by atoms with E-state index in [0.717, 1.165) is 0 Å². The lowest BCUT2D eigenvalue weighted by Crippen LogP contribution is -2.69. The first-order valence-corrected chi connectivity index (χ1v) is 21.2. The van der Waals surface area contributed by atoms with Crippen molar-refractivity contribution in [1.82, 2.24) is 5.32 Å². The molecule has 20 N–H and O–H groups in total. The van der Waals surface area contributed by atoms with Crippen molar-refractivity contribution in [2.75, 3.05) is 33.0 Å². The zero-order valence-corrected chi connectivity index (χ0v) is 35.0. The van der Waals surface area contributed by atoms with E-state index in [1.54, 1.807) is 0 Å².